The van der Waals surface area contributed by atoms with E-state index in [1.54, 1.807) is 0 Å². The number of halogens is 1. The van der Waals surface area contributed by atoms with Crippen LogP contribution in [0.5, 0.6) is 0 Å². The molecule has 0 amide bonds. The fourth-order valence-corrected chi connectivity index (χ4v) is 2.74. The van der Waals surface area contributed by atoms with Gasteiger partial charge in [0.1, 0.15) is 0 Å². The van der Waals surface area contributed by atoms with E-state index in [0.29, 0.717) is 5.56 Å². The molecule has 0 radical (unpaired) electrons. The van der Waals surface area contributed by atoms with Crippen LogP contribution >= 0.6 is 22.6 Å². The fraction of sp³-hybridized carbons (Fsp3) is 0. The minimum absolute atomic E-state index is 0.703. The zero-order chi connectivity index (χ0) is 13.9. The molecule has 0 saturated carbocycles. The SMILES string of the molecule is N#Cc1ccc(Nc2ccccc2I)c2ccccc12. The Morgan fingerprint density at radius 1 is 0.800 bits per heavy atom. The lowest BCUT2D eigenvalue weighted by Gasteiger charge is -2.12. The third-order valence-corrected chi connectivity index (χ3v) is 4.13. The second kappa shape index (κ2) is 5.51. The van der Waals surface area contributed by atoms with Crippen LogP contribution in [0.15, 0.2) is 60.7 Å². The number of fused-ring (bicyclic) bond motifs is 1. The van der Waals surface area contributed by atoms with E-state index < -0.39 is 0 Å². The topological polar surface area (TPSA) is 35.8 Å². The molecule has 3 aromatic carbocycles. The van der Waals surface area contributed by atoms with Crippen LogP contribution in [0, 0.1) is 14.9 Å². The highest BCUT2D eigenvalue weighted by molar-refractivity contribution is 14.1. The lowest BCUT2D eigenvalue weighted by molar-refractivity contribution is 1.49. The highest BCUT2D eigenvalue weighted by atomic mass is 127. The molecule has 3 heteroatoms. The van der Waals surface area contributed by atoms with Gasteiger partial charge in [0.15, 0.2) is 0 Å². The highest BCUT2D eigenvalue weighted by Gasteiger charge is 2.06. The molecule has 0 aliphatic carbocycles. The number of benzene rings is 3. The van der Waals surface area contributed by atoms with Crippen molar-refractivity contribution in [1.82, 2.24) is 0 Å². The van der Waals surface area contributed by atoms with Gasteiger partial charge in [-0.05, 0) is 46.9 Å². The van der Waals surface area contributed by atoms with Crippen molar-refractivity contribution >= 4 is 44.7 Å². The Morgan fingerprint density at radius 3 is 2.25 bits per heavy atom. The van der Waals surface area contributed by atoms with Crippen molar-refractivity contribution in [2.45, 2.75) is 0 Å². The summed E-state index contributed by atoms with van der Waals surface area (Å²) >= 11 is 2.31. The summed E-state index contributed by atoms with van der Waals surface area (Å²) in [5.74, 6) is 0. The van der Waals surface area contributed by atoms with E-state index in [1.807, 2.05) is 48.5 Å². The van der Waals surface area contributed by atoms with E-state index in [2.05, 4.69) is 46.1 Å². The Balaban J connectivity index is 2.14. The third-order valence-electron chi connectivity index (χ3n) is 3.19. The molecule has 0 aliphatic rings. The van der Waals surface area contributed by atoms with Crippen molar-refractivity contribution in [3.63, 3.8) is 0 Å². The summed E-state index contributed by atoms with van der Waals surface area (Å²) in [6.07, 6.45) is 0. The highest BCUT2D eigenvalue weighted by Crippen LogP contribution is 2.30. The number of nitrogens with one attached hydrogen (secondary N) is 1. The summed E-state index contributed by atoms with van der Waals surface area (Å²) < 4.78 is 1.17. The molecule has 0 bridgehead atoms. The lowest BCUT2D eigenvalue weighted by Crippen LogP contribution is -1.94. The number of nitriles is 1. The maximum atomic E-state index is 9.19. The largest absolute Gasteiger partial charge is 0.354 e. The first-order valence-corrected chi connectivity index (χ1v) is 7.31. The molecule has 3 aromatic rings. The predicted octanol–water partition coefficient (Wildman–Crippen LogP) is 5.06. The number of nitrogens with zero attached hydrogens (tertiary/aromatic N) is 1. The molecule has 20 heavy (non-hydrogen) atoms. The molecule has 0 fully saturated rings. The standard InChI is InChI=1S/C17H11IN2/c18-15-7-3-4-8-17(15)20-16-10-9-12(11-19)13-5-1-2-6-14(13)16/h1-10,20H. The van der Waals surface area contributed by atoms with Crippen molar-refractivity contribution in [2.75, 3.05) is 5.32 Å². The molecule has 0 heterocycles. The second-order valence-corrected chi connectivity index (χ2v) is 5.59. The molecule has 3 rings (SSSR count). The van der Waals surface area contributed by atoms with Crippen LogP contribution in [0.25, 0.3) is 10.8 Å². The quantitative estimate of drug-likeness (QED) is 0.640. The van der Waals surface area contributed by atoms with Gasteiger partial charge in [-0.1, -0.05) is 36.4 Å². The van der Waals surface area contributed by atoms with Crippen LogP contribution in [-0.4, -0.2) is 0 Å². The van der Waals surface area contributed by atoms with E-state index in [-0.39, 0.29) is 0 Å². The number of anilines is 2. The van der Waals surface area contributed by atoms with Crippen LogP contribution in [0.3, 0.4) is 0 Å². The van der Waals surface area contributed by atoms with Crippen LogP contribution in [0.4, 0.5) is 11.4 Å². The Hall–Kier alpha value is -2.06. The minimum Gasteiger partial charge on any atom is -0.354 e. The summed E-state index contributed by atoms with van der Waals surface area (Å²) in [6, 6.07) is 22.2. The van der Waals surface area contributed by atoms with Gasteiger partial charge in [0.2, 0.25) is 0 Å². The molecule has 0 unspecified atom stereocenters. The molecule has 0 atom stereocenters. The molecular formula is C17H11IN2. The smallest absolute Gasteiger partial charge is 0.0998 e. The summed E-state index contributed by atoms with van der Waals surface area (Å²) in [6.45, 7) is 0. The van der Waals surface area contributed by atoms with Gasteiger partial charge in [0.25, 0.3) is 0 Å². The van der Waals surface area contributed by atoms with E-state index >= 15 is 0 Å². The number of hydrogen-bond donors (Lipinski definition) is 1. The van der Waals surface area contributed by atoms with Crippen molar-refractivity contribution in [3.8, 4) is 6.07 Å². The van der Waals surface area contributed by atoms with Gasteiger partial charge < -0.3 is 5.32 Å². The lowest BCUT2D eigenvalue weighted by atomic mass is 10.0. The molecule has 0 spiro atoms. The van der Waals surface area contributed by atoms with E-state index in [4.69, 9.17) is 0 Å². The first-order chi connectivity index (χ1) is 9.79. The second-order valence-electron chi connectivity index (χ2n) is 4.42. The zero-order valence-electron chi connectivity index (χ0n) is 10.6. The number of hydrogen-bond acceptors (Lipinski definition) is 2. The maximum absolute atomic E-state index is 9.19. The predicted molar refractivity (Wildman–Crippen MR) is 91.1 cm³/mol. The average molecular weight is 370 g/mol. The third kappa shape index (κ3) is 2.35. The van der Waals surface area contributed by atoms with Crippen LogP contribution in [-0.2, 0) is 0 Å². The monoisotopic (exact) mass is 370 g/mol. The van der Waals surface area contributed by atoms with Crippen LogP contribution < -0.4 is 5.32 Å². The van der Waals surface area contributed by atoms with Gasteiger partial charge in [-0.3, -0.25) is 0 Å². The first kappa shape index (κ1) is 12.9. The Morgan fingerprint density at radius 2 is 1.50 bits per heavy atom. The van der Waals surface area contributed by atoms with Crippen LogP contribution in [0.1, 0.15) is 5.56 Å². The molecule has 0 aromatic heterocycles. The number of rotatable bonds is 2. The van der Waals surface area contributed by atoms with E-state index in [1.165, 1.54) is 3.57 Å². The van der Waals surface area contributed by atoms with Crippen molar-refractivity contribution < 1.29 is 0 Å². The van der Waals surface area contributed by atoms with Gasteiger partial charge >= 0.3 is 0 Å². The van der Waals surface area contributed by atoms with Gasteiger partial charge in [-0.15, -0.1) is 0 Å². The molecule has 1 N–H and O–H groups in total. The zero-order valence-corrected chi connectivity index (χ0v) is 12.8. The van der Waals surface area contributed by atoms with E-state index in [0.717, 1.165) is 22.1 Å². The summed E-state index contributed by atoms with van der Waals surface area (Å²) in [5, 5.41) is 14.7. The van der Waals surface area contributed by atoms with Crippen molar-refractivity contribution in [3.05, 3.63) is 69.8 Å². The first-order valence-electron chi connectivity index (χ1n) is 6.23. The summed E-state index contributed by atoms with van der Waals surface area (Å²) in [7, 11) is 0. The average Bonchev–Trinajstić information content (AvgIpc) is 2.50. The van der Waals surface area contributed by atoms with Gasteiger partial charge in [-0.2, -0.15) is 5.26 Å². The molecule has 0 aliphatic heterocycles. The van der Waals surface area contributed by atoms with Crippen LogP contribution in [0.2, 0.25) is 0 Å². The maximum Gasteiger partial charge on any atom is 0.0998 e. The number of para-hydroxylation sites is 1. The van der Waals surface area contributed by atoms with Crippen molar-refractivity contribution in [1.29, 1.82) is 5.26 Å². The summed E-state index contributed by atoms with van der Waals surface area (Å²) in [5.41, 5.74) is 2.79. The van der Waals surface area contributed by atoms with Crippen molar-refractivity contribution in [2.24, 2.45) is 0 Å². The molecule has 0 saturated heterocycles. The fourth-order valence-electron chi connectivity index (χ4n) is 2.21. The normalized spacial score (nSPS) is 10.2. The van der Waals surface area contributed by atoms with Gasteiger partial charge in [-0.25, -0.2) is 0 Å². The minimum atomic E-state index is 0.703. The Labute approximate surface area is 131 Å². The summed E-state index contributed by atoms with van der Waals surface area (Å²) in [4.78, 5) is 0. The molecule has 2 nitrogen and oxygen atoms in total. The van der Waals surface area contributed by atoms with E-state index in [9.17, 15) is 5.26 Å². The Bertz CT molecular complexity index is 819. The Kier molecular flexibility index (Phi) is 3.57. The van der Waals surface area contributed by atoms with Gasteiger partial charge in [0.05, 0.1) is 17.3 Å². The molecule has 96 valence electrons. The molecular weight excluding hydrogens is 359 g/mol. The van der Waals surface area contributed by atoms with Gasteiger partial charge in [0, 0.05) is 20.0 Å².